The van der Waals surface area contributed by atoms with Crippen LogP contribution in [0.1, 0.15) is 25.7 Å². The van der Waals surface area contributed by atoms with Crippen molar-refractivity contribution < 1.29 is 23.3 Å². The Hall–Kier alpha value is -3.51. The number of fused-ring (bicyclic) bond motifs is 3. The van der Waals surface area contributed by atoms with E-state index in [1.165, 1.54) is 7.11 Å². The van der Waals surface area contributed by atoms with E-state index in [1.54, 1.807) is 19.2 Å². The van der Waals surface area contributed by atoms with Crippen LogP contribution in [0.25, 0.3) is 32.9 Å². The SMILES string of the molecule is COCOc1cc(-c2nc(OC)c3c(N4CCN(C)CC4)nc(OCC45CCCN4CCC5)nc3c2F)c2c(Cl)cccc2c1. The van der Waals surface area contributed by atoms with Crippen LogP contribution in [0.15, 0.2) is 30.3 Å². The third-order valence-corrected chi connectivity index (χ3v) is 9.80. The molecule has 10 nitrogen and oxygen atoms in total. The summed E-state index contributed by atoms with van der Waals surface area (Å²) in [6.45, 7) is 5.78. The molecule has 0 atom stereocenters. The van der Waals surface area contributed by atoms with E-state index in [4.69, 9.17) is 45.5 Å². The highest BCUT2D eigenvalue weighted by Crippen LogP contribution is 2.43. The van der Waals surface area contributed by atoms with E-state index in [0.717, 1.165) is 57.2 Å². The van der Waals surface area contributed by atoms with Crippen molar-refractivity contribution in [2.24, 2.45) is 0 Å². The summed E-state index contributed by atoms with van der Waals surface area (Å²) in [6.07, 6.45) is 4.47. The highest BCUT2D eigenvalue weighted by Gasteiger charge is 2.45. The van der Waals surface area contributed by atoms with Gasteiger partial charge in [0, 0.05) is 49.3 Å². The minimum atomic E-state index is -0.611. The van der Waals surface area contributed by atoms with Gasteiger partial charge in [-0.15, -0.1) is 0 Å². The van der Waals surface area contributed by atoms with Gasteiger partial charge >= 0.3 is 6.01 Å². The summed E-state index contributed by atoms with van der Waals surface area (Å²) in [5.74, 6) is 0.663. The van der Waals surface area contributed by atoms with Gasteiger partial charge in [0.25, 0.3) is 0 Å². The van der Waals surface area contributed by atoms with Gasteiger partial charge in [0.2, 0.25) is 5.88 Å². The predicted molar refractivity (Wildman–Crippen MR) is 172 cm³/mol. The van der Waals surface area contributed by atoms with E-state index >= 15 is 4.39 Å². The van der Waals surface area contributed by atoms with Crippen LogP contribution in [0.5, 0.6) is 17.6 Å². The van der Waals surface area contributed by atoms with Crippen LogP contribution >= 0.6 is 11.6 Å². The maximum absolute atomic E-state index is 17.1. The van der Waals surface area contributed by atoms with Gasteiger partial charge in [0.1, 0.15) is 34.8 Å². The molecule has 5 heterocycles. The molecule has 0 N–H and O–H groups in total. The maximum atomic E-state index is 17.1. The molecule has 2 aromatic carbocycles. The fourth-order valence-corrected chi connectivity index (χ4v) is 7.44. The van der Waals surface area contributed by atoms with Crippen LogP contribution in [0.2, 0.25) is 5.02 Å². The Morgan fingerprint density at radius 1 is 0.933 bits per heavy atom. The van der Waals surface area contributed by atoms with Crippen LogP contribution in [-0.4, -0.2) is 104 Å². The van der Waals surface area contributed by atoms with Crippen LogP contribution in [0.3, 0.4) is 0 Å². The Balaban J connectivity index is 1.41. The first-order chi connectivity index (χ1) is 21.9. The number of piperazine rings is 1. The second-order valence-electron chi connectivity index (χ2n) is 12.2. The third kappa shape index (κ3) is 5.49. The van der Waals surface area contributed by atoms with E-state index < -0.39 is 5.82 Å². The van der Waals surface area contributed by atoms with Gasteiger partial charge < -0.3 is 28.7 Å². The molecule has 3 aliphatic rings. The van der Waals surface area contributed by atoms with Gasteiger partial charge in [-0.25, -0.2) is 9.37 Å². The van der Waals surface area contributed by atoms with Gasteiger partial charge in [-0.05, 0) is 69.4 Å². The van der Waals surface area contributed by atoms with Gasteiger partial charge in [0.05, 0.1) is 12.6 Å². The maximum Gasteiger partial charge on any atom is 0.319 e. The molecular weight excluding hydrogens is 599 g/mol. The predicted octanol–water partition coefficient (Wildman–Crippen LogP) is 5.39. The summed E-state index contributed by atoms with van der Waals surface area (Å²) in [6, 6.07) is 9.23. The molecule has 3 fully saturated rings. The number of methoxy groups -OCH3 is 2. The quantitative estimate of drug-likeness (QED) is 0.223. The van der Waals surface area contributed by atoms with Crippen molar-refractivity contribution in [3.8, 4) is 28.9 Å². The average molecular weight is 637 g/mol. The lowest BCUT2D eigenvalue weighted by molar-refractivity contribution is 0.0512. The summed E-state index contributed by atoms with van der Waals surface area (Å²) in [7, 11) is 5.16. The van der Waals surface area contributed by atoms with Crippen molar-refractivity contribution >= 4 is 39.1 Å². The number of anilines is 1. The molecular formula is C33H38ClFN6O4. The molecule has 3 aliphatic heterocycles. The Kier molecular flexibility index (Phi) is 8.28. The molecule has 0 spiro atoms. The zero-order valence-electron chi connectivity index (χ0n) is 25.9. The molecule has 0 aliphatic carbocycles. The Morgan fingerprint density at radius 3 is 2.44 bits per heavy atom. The Morgan fingerprint density at radius 2 is 1.71 bits per heavy atom. The minimum Gasteiger partial charge on any atom is -0.480 e. The lowest BCUT2D eigenvalue weighted by atomic mass is 9.95. The molecule has 4 aromatic rings. The number of rotatable bonds is 9. The molecule has 0 saturated carbocycles. The third-order valence-electron chi connectivity index (χ3n) is 9.49. The number of hydrogen-bond acceptors (Lipinski definition) is 10. The minimum absolute atomic E-state index is 0.00966. The topological polar surface area (TPSA) is 85.3 Å². The van der Waals surface area contributed by atoms with Crippen molar-refractivity contribution in [1.82, 2.24) is 24.8 Å². The zero-order valence-corrected chi connectivity index (χ0v) is 26.7. The summed E-state index contributed by atoms with van der Waals surface area (Å²) < 4.78 is 40.2. The number of likely N-dealkylation sites (N-methyl/N-ethyl adjacent to an activating group) is 1. The lowest BCUT2D eigenvalue weighted by Gasteiger charge is -2.34. The monoisotopic (exact) mass is 636 g/mol. The lowest BCUT2D eigenvalue weighted by Crippen LogP contribution is -2.45. The van der Waals surface area contributed by atoms with E-state index in [2.05, 4.69) is 21.7 Å². The van der Waals surface area contributed by atoms with Crippen LogP contribution in [-0.2, 0) is 4.74 Å². The van der Waals surface area contributed by atoms with Crippen molar-refractivity contribution in [3.05, 3.63) is 41.2 Å². The number of pyridine rings is 1. The second-order valence-corrected chi connectivity index (χ2v) is 12.6. The number of benzene rings is 2. The van der Waals surface area contributed by atoms with Crippen molar-refractivity contribution in [2.45, 2.75) is 31.2 Å². The summed E-state index contributed by atoms with van der Waals surface area (Å²) in [5, 5.41) is 2.29. The standard InChI is InChI=1S/C33H38ClFN6O4/c1-39-13-15-40(16-14-39)30-26-29(37-32(38-30)44-19-33-9-5-11-41(33)12-6-10-33)27(35)28(36-31(26)43-3)23-18-22(45-20-42-2)17-21-7-4-8-24(34)25(21)23/h4,7-8,17-18H,5-6,9-16,19-20H2,1-3H3. The summed E-state index contributed by atoms with van der Waals surface area (Å²) >= 11 is 6.72. The van der Waals surface area contributed by atoms with Crippen molar-refractivity contribution in [2.75, 3.05) is 78.8 Å². The van der Waals surface area contributed by atoms with Gasteiger partial charge in [-0.3, -0.25) is 4.90 Å². The highest BCUT2D eigenvalue weighted by atomic mass is 35.5. The fourth-order valence-electron chi connectivity index (χ4n) is 7.15. The smallest absolute Gasteiger partial charge is 0.319 e. The first kappa shape index (κ1) is 30.2. The Bertz CT molecular complexity index is 1720. The average Bonchev–Trinajstić information content (AvgIpc) is 3.64. The molecule has 0 radical (unpaired) electrons. The van der Waals surface area contributed by atoms with Crippen LogP contribution in [0, 0.1) is 5.82 Å². The van der Waals surface area contributed by atoms with Crippen LogP contribution in [0.4, 0.5) is 10.2 Å². The summed E-state index contributed by atoms with van der Waals surface area (Å²) in [5.41, 5.74) is 0.581. The molecule has 2 aromatic heterocycles. The number of nitrogens with zero attached hydrogens (tertiary/aromatic N) is 6. The molecule has 3 saturated heterocycles. The highest BCUT2D eigenvalue weighted by molar-refractivity contribution is 6.36. The normalized spacial score (nSPS) is 18.6. The Labute approximate surface area is 267 Å². The number of aromatic nitrogens is 3. The van der Waals surface area contributed by atoms with Crippen LogP contribution < -0.4 is 19.1 Å². The number of hydrogen-bond donors (Lipinski definition) is 0. The largest absolute Gasteiger partial charge is 0.480 e. The van der Waals surface area contributed by atoms with Gasteiger partial charge in [0.15, 0.2) is 12.6 Å². The van der Waals surface area contributed by atoms with E-state index in [-0.39, 0.29) is 35.4 Å². The second kappa shape index (κ2) is 12.4. The molecule has 12 heteroatoms. The molecule has 7 rings (SSSR count). The first-order valence-electron chi connectivity index (χ1n) is 15.5. The molecule has 0 bridgehead atoms. The van der Waals surface area contributed by atoms with Crippen molar-refractivity contribution in [1.29, 1.82) is 0 Å². The number of halogens is 2. The molecule has 238 valence electrons. The molecule has 0 unspecified atom stereocenters. The van der Waals surface area contributed by atoms with Crippen molar-refractivity contribution in [3.63, 3.8) is 0 Å². The van der Waals surface area contributed by atoms with Gasteiger partial charge in [-0.2, -0.15) is 9.97 Å². The molecule has 0 amide bonds. The van der Waals surface area contributed by atoms with E-state index in [0.29, 0.717) is 52.6 Å². The summed E-state index contributed by atoms with van der Waals surface area (Å²) in [4.78, 5) is 21.3. The van der Waals surface area contributed by atoms with Gasteiger partial charge in [-0.1, -0.05) is 23.7 Å². The molecule has 45 heavy (non-hydrogen) atoms. The van der Waals surface area contributed by atoms with E-state index in [9.17, 15) is 0 Å². The first-order valence-corrected chi connectivity index (χ1v) is 15.9. The van der Waals surface area contributed by atoms with E-state index in [1.807, 2.05) is 18.2 Å². The zero-order chi connectivity index (χ0) is 31.1. The number of ether oxygens (including phenoxy) is 4. The fraction of sp³-hybridized carbons (Fsp3) is 0.485.